The highest BCUT2D eigenvalue weighted by Gasteiger charge is 2.34. The first-order valence-corrected chi connectivity index (χ1v) is 9.34. The highest BCUT2D eigenvalue weighted by Crippen LogP contribution is 2.26. The summed E-state index contributed by atoms with van der Waals surface area (Å²) in [7, 11) is 0. The van der Waals surface area contributed by atoms with Crippen molar-refractivity contribution in [1.29, 1.82) is 0 Å². The molecule has 2 amide bonds. The molecule has 0 spiro atoms. The van der Waals surface area contributed by atoms with Crippen LogP contribution in [0.3, 0.4) is 0 Å². The molecule has 9 nitrogen and oxygen atoms in total. The van der Waals surface area contributed by atoms with Crippen LogP contribution in [0.25, 0.3) is 5.69 Å². The molecule has 2 atom stereocenters. The van der Waals surface area contributed by atoms with Crippen molar-refractivity contribution in [2.24, 2.45) is 0 Å². The Bertz CT molecular complexity index is 1180. The van der Waals surface area contributed by atoms with E-state index in [0.29, 0.717) is 17.1 Å². The Balaban J connectivity index is 1.63. The number of aromatic nitrogens is 3. The molecular weight excluding hydrogens is 386 g/mol. The molecule has 3 heterocycles. The van der Waals surface area contributed by atoms with E-state index < -0.39 is 29.4 Å². The van der Waals surface area contributed by atoms with Gasteiger partial charge in [-0.15, -0.1) is 0 Å². The quantitative estimate of drug-likeness (QED) is 0.682. The number of aryl methyl sites for hydroxylation is 1. The third-order valence-corrected chi connectivity index (χ3v) is 4.69. The molecule has 0 unspecified atom stereocenters. The SMILES string of the molecule is Cc1cc(=O)c(C(=O)N[C@@H]2C(=O)Nc3ncccc3O[C@@H]2C)nn1-c1ccccc1. The highest BCUT2D eigenvalue weighted by molar-refractivity contribution is 6.01. The van der Waals surface area contributed by atoms with Crippen molar-refractivity contribution in [3.05, 3.63) is 76.3 Å². The van der Waals surface area contributed by atoms with Crippen LogP contribution in [0, 0.1) is 6.92 Å². The van der Waals surface area contributed by atoms with Crippen molar-refractivity contribution in [3.8, 4) is 11.4 Å². The molecule has 30 heavy (non-hydrogen) atoms. The zero-order chi connectivity index (χ0) is 21.3. The predicted octanol–water partition coefficient (Wildman–Crippen LogP) is 1.45. The molecule has 9 heteroatoms. The van der Waals surface area contributed by atoms with Crippen LogP contribution in [0.5, 0.6) is 5.75 Å². The van der Waals surface area contributed by atoms with Gasteiger partial charge in [-0.3, -0.25) is 14.4 Å². The van der Waals surface area contributed by atoms with Gasteiger partial charge in [0.25, 0.3) is 11.8 Å². The number of ether oxygens (including phenoxy) is 1. The van der Waals surface area contributed by atoms with Crippen LogP contribution in [0.2, 0.25) is 0 Å². The molecule has 0 fully saturated rings. The van der Waals surface area contributed by atoms with Crippen molar-refractivity contribution in [1.82, 2.24) is 20.1 Å². The Hall–Kier alpha value is -4.01. The fourth-order valence-electron chi connectivity index (χ4n) is 3.18. The van der Waals surface area contributed by atoms with E-state index in [0.717, 1.165) is 0 Å². The molecule has 2 N–H and O–H groups in total. The Labute approximate surface area is 171 Å². The maximum atomic E-state index is 12.9. The number of amides is 2. The Morgan fingerprint density at radius 2 is 1.93 bits per heavy atom. The first-order chi connectivity index (χ1) is 14.4. The molecule has 0 aliphatic carbocycles. The Kier molecular flexibility index (Phi) is 5.01. The van der Waals surface area contributed by atoms with Gasteiger partial charge in [0.1, 0.15) is 12.1 Å². The minimum absolute atomic E-state index is 0.269. The summed E-state index contributed by atoms with van der Waals surface area (Å²) in [5, 5.41) is 9.42. The monoisotopic (exact) mass is 405 g/mol. The summed E-state index contributed by atoms with van der Waals surface area (Å²) < 4.78 is 7.26. The molecule has 1 aliphatic rings. The van der Waals surface area contributed by atoms with Gasteiger partial charge in [-0.1, -0.05) is 18.2 Å². The summed E-state index contributed by atoms with van der Waals surface area (Å²) in [6.07, 6.45) is 0.829. The van der Waals surface area contributed by atoms with E-state index >= 15 is 0 Å². The molecule has 0 saturated carbocycles. The number of pyridine rings is 1. The molecule has 0 radical (unpaired) electrons. The fourth-order valence-corrected chi connectivity index (χ4v) is 3.18. The predicted molar refractivity (Wildman–Crippen MR) is 109 cm³/mol. The number of benzene rings is 1. The number of hydrogen-bond acceptors (Lipinski definition) is 6. The standard InChI is InChI=1S/C21H19N5O4/c1-12-11-15(27)18(25-26(12)14-7-4-3-5-8-14)21(29)23-17-13(2)30-16-9-6-10-22-19(16)24-20(17)28/h3-11,13,17H,1-2H3,(H,23,29)(H,22,24,28)/t13-,17+/m1/s1. The van der Waals surface area contributed by atoms with Gasteiger partial charge in [0.05, 0.1) is 5.69 Å². The van der Waals surface area contributed by atoms with E-state index in [1.54, 1.807) is 26.0 Å². The van der Waals surface area contributed by atoms with Gasteiger partial charge in [-0.05, 0) is 38.1 Å². The number of hydrogen-bond donors (Lipinski definition) is 2. The van der Waals surface area contributed by atoms with Crippen LogP contribution in [0.15, 0.2) is 59.5 Å². The molecule has 4 rings (SSSR count). The smallest absolute Gasteiger partial charge is 0.276 e. The lowest BCUT2D eigenvalue weighted by atomic mass is 10.1. The first kappa shape index (κ1) is 19.3. The zero-order valence-electron chi connectivity index (χ0n) is 16.3. The topological polar surface area (TPSA) is 115 Å². The number of nitrogens with one attached hydrogen (secondary N) is 2. The third-order valence-electron chi connectivity index (χ3n) is 4.69. The summed E-state index contributed by atoms with van der Waals surface area (Å²) in [4.78, 5) is 42.0. The lowest BCUT2D eigenvalue weighted by Crippen LogP contribution is -2.51. The second kappa shape index (κ2) is 7.78. The molecule has 0 bridgehead atoms. The third kappa shape index (κ3) is 3.64. The summed E-state index contributed by atoms with van der Waals surface area (Å²) in [5.41, 5.74) is 0.428. The summed E-state index contributed by atoms with van der Waals surface area (Å²) in [6, 6.07) is 12.8. The van der Waals surface area contributed by atoms with Crippen LogP contribution < -0.4 is 20.8 Å². The normalized spacial score (nSPS) is 17.9. The van der Waals surface area contributed by atoms with Gasteiger partial charge in [-0.2, -0.15) is 5.10 Å². The number of anilines is 1. The lowest BCUT2D eigenvalue weighted by Gasteiger charge is -2.21. The molecular formula is C21H19N5O4. The van der Waals surface area contributed by atoms with Gasteiger partial charge in [-0.25, -0.2) is 9.67 Å². The molecule has 1 aromatic carbocycles. The van der Waals surface area contributed by atoms with Crippen molar-refractivity contribution in [2.75, 3.05) is 5.32 Å². The van der Waals surface area contributed by atoms with E-state index in [4.69, 9.17) is 4.74 Å². The van der Waals surface area contributed by atoms with Crippen molar-refractivity contribution in [3.63, 3.8) is 0 Å². The second-order valence-corrected chi connectivity index (χ2v) is 6.86. The van der Waals surface area contributed by atoms with Gasteiger partial charge in [0, 0.05) is 18.0 Å². The zero-order valence-corrected chi connectivity index (χ0v) is 16.3. The average molecular weight is 405 g/mol. The number of carbonyl (C=O) groups excluding carboxylic acids is 2. The fraction of sp³-hybridized carbons (Fsp3) is 0.190. The van der Waals surface area contributed by atoms with Crippen LogP contribution >= 0.6 is 0 Å². The van der Waals surface area contributed by atoms with Crippen molar-refractivity contribution < 1.29 is 14.3 Å². The van der Waals surface area contributed by atoms with Crippen LogP contribution in [0.1, 0.15) is 23.1 Å². The van der Waals surface area contributed by atoms with Crippen LogP contribution in [-0.4, -0.2) is 38.7 Å². The molecule has 1 aliphatic heterocycles. The minimum Gasteiger partial charge on any atom is -0.484 e. The highest BCUT2D eigenvalue weighted by atomic mass is 16.5. The van der Waals surface area contributed by atoms with E-state index in [9.17, 15) is 14.4 Å². The number of para-hydroxylation sites is 1. The van der Waals surface area contributed by atoms with Crippen LogP contribution in [0.4, 0.5) is 5.82 Å². The number of rotatable bonds is 3. The average Bonchev–Trinajstić information content (AvgIpc) is 2.84. The molecule has 152 valence electrons. The first-order valence-electron chi connectivity index (χ1n) is 9.34. The molecule has 2 aromatic heterocycles. The number of fused-ring (bicyclic) bond motifs is 1. The molecule has 0 saturated heterocycles. The largest absolute Gasteiger partial charge is 0.484 e. The number of carbonyl (C=O) groups is 2. The minimum atomic E-state index is -1.04. The van der Waals surface area contributed by atoms with Gasteiger partial charge in [0.15, 0.2) is 17.3 Å². The summed E-state index contributed by atoms with van der Waals surface area (Å²) in [6.45, 7) is 3.37. The number of nitrogens with zero attached hydrogens (tertiary/aromatic N) is 3. The second-order valence-electron chi connectivity index (χ2n) is 6.86. The van der Waals surface area contributed by atoms with Gasteiger partial charge in [0.2, 0.25) is 5.43 Å². The van der Waals surface area contributed by atoms with E-state index in [2.05, 4.69) is 20.7 Å². The Morgan fingerprint density at radius 3 is 2.70 bits per heavy atom. The molecule has 3 aromatic rings. The lowest BCUT2D eigenvalue weighted by molar-refractivity contribution is -0.119. The van der Waals surface area contributed by atoms with Gasteiger partial charge >= 0.3 is 0 Å². The van der Waals surface area contributed by atoms with Crippen molar-refractivity contribution >= 4 is 17.6 Å². The van der Waals surface area contributed by atoms with Gasteiger partial charge < -0.3 is 15.4 Å². The maximum absolute atomic E-state index is 12.9. The van der Waals surface area contributed by atoms with Crippen LogP contribution in [-0.2, 0) is 4.79 Å². The summed E-state index contributed by atoms with van der Waals surface area (Å²) in [5.74, 6) is -0.594. The van der Waals surface area contributed by atoms with Crippen molar-refractivity contribution in [2.45, 2.75) is 26.0 Å². The maximum Gasteiger partial charge on any atom is 0.276 e. The van der Waals surface area contributed by atoms with E-state index in [-0.39, 0.29) is 11.5 Å². The Morgan fingerprint density at radius 1 is 1.17 bits per heavy atom. The van der Waals surface area contributed by atoms with E-state index in [1.807, 2.05) is 30.3 Å². The van der Waals surface area contributed by atoms with E-state index in [1.165, 1.54) is 16.9 Å². The summed E-state index contributed by atoms with van der Waals surface area (Å²) >= 11 is 0.